The van der Waals surface area contributed by atoms with Gasteiger partial charge in [0.2, 0.25) is 0 Å². The first-order valence-corrected chi connectivity index (χ1v) is 12.9. The van der Waals surface area contributed by atoms with Gasteiger partial charge in [-0.1, -0.05) is 65.0 Å². The molecule has 198 valence electrons. The number of nitrogens with zero attached hydrogens (tertiary/aromatic N) is 2. The van der Waals surface area contributed by atoms with Gasteiger partial charge in [-0.15, -0.1) is 0 Å². The number of allylic oxidation sites excluding steroid dienone is 3. The van der Waals surface area contributed by atoms with Crippen molar-refractivity contribution in [2.24, 2.45) is 16.8 Å². The second kappa shape index (κ2) is 11.5. The summed E-state index contributed by atoms with van der Waals surface area (Å²) in [5, 5.41) is 15.0. The van der Waals surface area contributed by atoms with Crippen LogP contribution in [0.4, 0.5) is 8.78 Å². The van der Waals surface area contributed by atoms with Crippen LogP contribution < -0.4 is 10.5 Å². The minimum Gasteiger partial charge on any atom is -0.489 e. The highest BCUT2D eigenvalue weighted by molar-refractivity contribution is 7.18. The van der Waals surface area contributed by atoms with Gasteiger partial charge in [-0.2, -0.15) is 5.10 Å². The number of hydrazone groups is 1. The number of alkyl halides is 1. The number of ether oxygens (including phenoxy) is 1. The molecule has 0 bridgehead atoms. The molecule has 0 saturated carbocycles. The number of benzene rings is 2. The van der Waals surface area contributed by atoms with E-state index in [9.17, 15) is 5.11 Å². The Morgan fingerprint density at radius 2 is 1.89 bits per heavy atom. The summed E-state index contributed by atoms with van der Waals surface area (Å²) >= 11 is 12.1. The van der Waals surface area contributed by atoms with Crippen LogP contribution in [0.2, 0.25) is 10.0 Å². The zero-order chi connectivity index (χ0) is 27.5. The first kappa shape index (κ1) is 29.1. The minimum atomic E-state index is -2.18. The van der Waals surface area contributed by atoms with Gasteiger partial charge >= 0.3 is 0 Å². The molecule has 0 saturated heterocycles. The van der Waals surface area contributed by atoms with Crippen LogP contribution in [-0.2, 0) is 5.60 Å². The largest absolute Gasteiger partial charge is 0.489 e. The van der Waals surface area contributed by atoms with E-state index in [1.165, 1.54) is 24.1 Å². The van der Waals surface area contributed by atoms with E-state index >= 15 is 8.78 Å². The number of hydrogen-bond donors (Lipinski definition) is 2. The Balaban J connectivity index is 1.76. The van der Waals surface area contributed by atoms with Gasteiger partial charge in [0.1, 0.15) is 11.4 Å². The van der Waals surface area contributed by atoms with Crippen molar-refractivity contribution in [2.45, 2.75) is 38.2 Å². The van der Waals surface area contributed by atoms with E-state index < -0.39 is 16.8 Å². The molecule has 0 spiro atoms. The number of hydrogen-bond acceptors (Lipinski definition) is 4. The van der Waals surface area contributed by atoms with Gasteiger partial charge in [-0.3, -0.25) is 0 Å². The first-order chi connectivity index (χ1) is 17.2. The molecular weight excluding hydrogens is 538 g/mol. The van der Waals surface area contributed by atoms with Crippen molar-refractivity contribution >= 4 is 43.9 Å². The highest BCUT2D eigenvalue weighted by atomic mass is 35.5. The molecule has 1 heterocycles. The number of amidine groups is 1. The number of nitrogens with two attached hydrogens (primary N) is 1. The Bertz CT molecular complexity index is 1260. The van der Waals surface area contributed by atoms with Crippen LogP contribution in [0.5, 0.6) is 5.75 Å². The van der Waals surface area contributed by atoms with Crippen LogP contribution in [0, 0.1) is 11.7 Å². The van der Waals surface area contributed by atoms with E-state index in [2.05, 4.69) is 11.7 Å². The zero-order valence-corrected chi connectivity index (χ0v) is 23.5. The first-order valence-electron chi connectivity index (χ1n) is 11.5. The number of rotatable bonds is 9. The Hall–Kier alpha value is -2.44. The predicted molar refractivity (Wildman–Crippen MR) is 151 cm³/mol. The van der Waals surface area contributed by atoms with Crippen molar-refractivity contribution in [2.75, 3.05) is 6.61 Å². The lowest BCUT2D eigenvalue weighted by molar-refractivity contribution is -0.0534. The summed E-state index contributed by atoms with van der Waals surface area (Å²) in [5.74, 6) is -0.424. The molecule has 3 unspecified atom stereocenters. The second-order valence-corrected chi connectivity index (χ2v) is 11.0. The van der Waals surface area contributed by atoms with Gasteiger partial charge in [-0.05, 0) is 54.5 Å². The van der Waals surface area contributed by atoms with Gasteiger partial charge in [-0.25, -0.2) is 13.8 Å². The standard InChI is InChI=1S/C27H30Cl2F2N3O2P/c1-16(2)25(32)33-34-13-11-18(15-17(34)3)21-9-10-22(29)24(23(21)30)36-14-12-27(31,37)26(4,35)19-5-7-20(28)8-6-19/h5-11,13,15-16,35H,3,12,14,37H2,1-2,4H3,(H2,32,33). The molecule has 0 aromatic heterocycles. The molecule has 0 radical (unpaired) electrons. The Kier molecular flexibility index (Phi) is 9.07. The summed E-state index contributed by atoms with van der Waals surface area (Å²) in [6.45, 7) is 8.91. The summed E-state index contributed by atoms with van der Waals surface area (Å²) in [4.78, 5) is 0. The highest BCUT2D eigenvalue weighted by Gasteiger charge is 2.45. The van der Waals surface area contributed by atoms with Crippen molar-refractivity contribution in [3.05, 3.63) is 94.0 Å². The van der Waals surface area contributed by atoms with E-state index in [4.69, 9.17) is 33.7 Å². The summed E-state index contributed by atoms with van der Waals surface area (Å²) in [5.41, 5.74) is 5.64. The lowest BCUT2D eigenvalue weighted by atomic mass is 9.89. The van der Waals surface area contributed by atoms with Crippen LogP contribution >= 0.6 is 32.4 Å². The van der Waals surface area contributed by atoms with E-state index in [0.717, 1.165) is 0 Å². The number of aliphatic hydroxyl groups is 1. The second-order valence-electron chi connectivity index (χ2n) is 9.21. The predicted octanol–water partition coefficient (Wildman–Crippen LogP) is 7.00. The third-order valence-corrected chi connectivity index (χ3v) is 7.51. The maximum absolute atomic E-state index is 15.6. The Morgan fingerprint density at radius 3 is 2.49 bits per heavy atom. The van der Waals surface area contributed by atoms with Crippen LogP contribution in [-0.4, -0.2) is 28.0 Å². The molecule has 0 amide bonds. The molecule has 1 aliphatic heterocycles. The van der Waals surface area contributed by atoms with Crippen LogP contribution in [0.1, 0.15) is 38.3 Å². The van der Waals surface area contributed by atoms with E-state index in [1.54, 1.807) is 42.6 Å². The maximum Gasteiger partial charge on any atom is 0.174 e. The zero-order valence-electron chi connectivity index (χ0n) is 20.8. The smallest absolute Gasteiger partial charge is 0.174 e. The molecule has 10 heteroatoms. The molecule has 37 heavy (non-hydrogen) atoms. The average Bonchev–Trinajstić information content (AvgIpc) is 2.82. The van der Waals surface area contributed by atoms with Gasteiger partial charge in [0.25, 0.3) is 0 Å². The molecule has 2 aromatic rings. The topological polar surface area (TPSA) is 71.1 Å². The molecule has 0 fully saturated rings. The van der Waals surface area contributed by atoms with Crippen molar-refractivity contribution in [1.82, 2.24) is 5.01 Å². The summed E-state index contributed by atoms with van der Waals surface area (Å²) in [7, 11) is 2.03. The third kappa shape index (κ3) is 6.53. The van der Waals surface area contributed by atoms with E-state index in [0.29, 0.717) is 27.7 Å². The van der Waals surface area contributed by atoms with Crippen LogP contribution in [0.15, 0.2) is 72.1 Å². The van der Waals surface area contributed by atoms with Gasteiger partial charge in [0.05, 0.1) is 17.3 Å². The lowest BCUT2D eigenvalue weighted by Crippen LogP contribution is -2.42. The van der Waals surface area contributed by atoms with Crippen molar-refractivity contribution in [3.8, 4) is 5.75 Å². The third-order valence-electron chi connectivity index (χ3n) is 6.11. The van der Waals surface area contributed by atoms with Gasteiger partial charge in [0, 0.05) is 29.1 Å². The fraction of sp³-hybridized carbons (Fsp3) is 0.296. The quantitative estimate of drug-likeness (QED) is 0.194. The molecule has 3 atom stereocenters. The lowest BCUT2D eigenvalue weighted by Gasteiger charge is -2.36. The molecule has 2 aromatic carbocycles. The molecule has 0 aliphatic carbocycles. The monoisotopic (exact) mass is 567 g/mol. The van der Waals surface area contributed by atoms with Gasteiger partial charge in [0.15, 0.2) is 17.0 Å². The maximum atomic E-state index is 15.6. The summed E-state index contributed by atoms with van der Waals surface area (Å²) in [6.07, 6.45) is 4.69. The van der Waals surface area contributed by atoms with Gasteiger partial charge < -0.3 is 15.6 Å². The van der Waals surface area contributed by atoms with Crippen molar-refractivity contribution < 1.29 is 18.6 Å². The Labute approximate surface area is 228 Å². The SMILES string of the molecule is C=C1C=C(c2ccc(Cl)c(OCCC(F)(P)C(C)(O)c3ccc(Cl)cc3)c2F)C=CN1/N=C(/N)C(C)C. The molecular formula is C27H30Cl2F2N3O2P. The normalized spacial score (nSPS) is 17.5. The fourth-order valence-electron chi connectivity index (χ4n) is 3.49. The Morgan fingerprint density at radius 1 is 1.24 bits per heavy atom. The van der Waals surface area contributed by atoms with Crippen molar-refractivity contribution in [3.63, 3.8) is 0 Å². The number of halogens is 4. The summed E-state index contributed by atoms with van der Waals surface area (Å²) in [6, 6.07) is 9.25. The molecule has 3 N–H and O–H groups in total. The average molecular weight is 568 g/mol. The van der Waals surface area contributed by atoms with Crippen LogP contribution in [0.25, 0.3) is 5.57 Å². The highest BCUT2D eigenvalue weighted by Crippen LogP contribution is 2.44. The molecule has 5 nitrogen and oxygen atoms in total. The fourth-order valence-corrected chi connectivity index (χ4v) is 4.10. The van der Waals surface area contributed by atoms with Crippen molar-refractivity contribution in [1.29, 1.82) is 0 Å². The summed E-state index contributed by atoms with van der Waals surface area (Å²) < 4.78 is 36.6. The van der Waals surface area contributed by atoms with E-state index in [1.807, 2.05) is 23.1 Å². The van der Waals surface area contributed by atoms with Crippen LogP contribution in [0.3, 0.4) is 0 Å². The molecule has 1 aliphatic rings. The minimum absolute atomic E-state index is 0.0362. The van der Waals surface area contributed by atoms with E-state index in [-0.39, 0.29) is 35.3 Å². The molecule has 3 rings (SSSR count).